The minimum absolute atomic E-state index is 0.0609. The third-order valence-corrected chi connectivity index (χ3v) is 7.02. The summed E-state index contributed by atoms with van der Waals surface area (Å²) in [5.41, 5.74) is 0. The number of ether oxygens (including phenoxy) is 1. The summed E-state index contributed by atoms with van der Waals surface area (Å²) in [6.45, 7) is 0. The summed E-state index contributed by atoms with van der Waals surface area (Å²) in [6.07, 6.45) is 4.80. The Hall–Kier alpha value is -0.160. The Balaban J connectivity index is 2.26. The second kappa shape index (κ2) is 2.32. The van der Waals surface area contributed by atoms with Crippen molar-refractivity contribution in [2.75, 3.05) is 0 Å². The monoisotopic (exact) mass is 320 g/mol. The van der Waals surface area contributed by atoms with E-state index in [4.69, 9.17) is 4.74 Å². The molecule has 0 aromatic carbocycles. The summed E-state index contributed by atoms with van der Waals surface area (Å²) in [5, 5.41) is 0. The van der Waals surface area contributed by atoms with Gasteiger partial charge < -0.3 is 4.74 Å². The molecule has 2 aliphatic carbocycles. The molecule has 0 amide bonds. The van der Waals surface area contributed by atoms with Crippen molar-refractivity contribution < 1.29 is 14.3 Å². The van der Waals surface area contributed by atoms with Crippen molar-refractivity contribution in [1.82, 2.24) is 0 Å². The predicted molar refractivity (Wildman–Crippen MR) is 55.2 cm³/mol. The van der Waals surface area contributed by atoms with E-state index in [1.54, 1.807) is 0 Å². The molecular formula is C9H6Br2O3. The van der Waals surface area contributed by atoms with Crippen LogP contribution >= 0.6 is 31.9 Å². The molecule has 14 heavy (non-hydrogen) atoms. The molecule has 0 aromatic heterocycles. The average molecular weight is 322 g/mol. The van der Waals surface area contributed by atoms with E-state index in [1.165, 1.54) is 0 Å². The lowest BCUT2D eigenvalue weighted by atomic mass is 9.84. The Morgan fingerprint density at radius 2 is 1.57 bits per heavy atom. The van der Waals surface area contributed by atoms with Crippen LogP contribution in [0.5, 0.6) is 0 Å². The smallest absolute Gasteiger partial charge is 0.333 e. The van der Waals surface area contributed by atoms with Crippen LogP contribution < -0.4 is 0 Å². The number of cyclic esters (lactones) is 2. The summed E-state index contributed by atoms with van der Waals surface area (Å²) in [7, 11) is 0. The summed E-state index contributed by atoms with van der Waals surface area (Å²) in [4.78, 5) is 23.3. The van der Waals surface area contributed by atoms with Gasteiger partial charge in [-0.2, -0.15) is 0 Å². The normalized spacial score (nSPS) is 53.9. The number of carbonyl (C=O) groups excluding carboxylic acids is 2. The molecule has 74 valence electrons. The maximum absolute atomic E-state index is 11.6. The van der Waals surface area contributed by atoms with Crippen molar-refractivity contribution in [2.45, 2.75) is 15.1 Å². The highest BCUT2D eigenvalue weighted by molar-refractivity contribution is 9.13. The SMILES string of the molecule is O=C1OC(=O)[C@]2(Br)[C@@H]3C=C[C@H](C3)[C@@]12Br. The fourth-order valence-electron chi connectivity index (χ4n) is 2.66. The zero-order valence-electron chi connectivity index (χ0n) is 7.00. The maximum Gasteiger partial charge on any atom is 0.333 e. The van der Waals surface area contributed by atoms with Gasteiger partial charge in [-0.3, -0.25) is 0 Å². The fourth-order valence-corrected chi connectivity index (χ4v) is 4.41. The number of carbonyl (C=O) groups is 2. The highest BCUT2D eigenvalue weighted by Gasteiger charge is 2.77. The minimum atomic E-state index is -0.878. The summed E-state index contributed by atoms with van der Waals surface area (Å²) in [5.74, 6) is -0.802. The first kappa shape index (κ1) is 9.09. The highest BCUT2D eigenvalue weighted by atomic mass is 79.9. The van der Waals surface area contributed by atoms with Gasteiger partial charge in [0.1, 0.15) is 0 Å². The van der Waals surface area contributed by atoms with Gasteiger partial charge in [0, 0.05) is 11.8 Å². The lowest BCUT2D eigenvalue weighted by molar-refractivity contribution is -0.153. The molecule has 3 aliphatic rings. The third kappa shape index (κ3) is 0.662. The largest absolute Gasteiger partial charge is 0.391 e. The number of alkyl halides is 2. The summed E-state index contributed by atoms with van der Waals surface area (Å²) >= 11 is 6.80. The molecule has 0 aromatic rings. The Labute approximate surface area is 97.1 Å². The molecule has 2 fully saturated rings. The van der Waals surface area contributed by atoms with E-state index in [1.807, 2.05) is 12.2 Å². The third-order valence-electron chi connectivity index (χ3n) is 3.41. The van der Waals surface area contributed by atoms with E-state index in [-0.39, 0.29) is 11.8 Å². The molecule has 5 heteroatoms. The van der Waals surface area contributed by atoms with Gasteiger partial charge in [0.25, 0.3) is 0 Å². The molecule has 3 rings (SSSR count). The number of allylic oxidation sites excluding steroid dienone is 2. The van der Waals surface area contributed by atoms with E-state index >= 15 is 0 Å². The van der Waals surface area contributed by atoms with Gasteiger partial charge in [-0.15, -0.1) is 0 Å². The van der Waals surface area contributed by atoms with Crippen molar-refractivity contribution in [3.63, 3.8) is 0 Å². The lowest BCUT2D eigenvalue weighted by Gasteiger charge is -2.31. The lowest BCUT2D eigenvalue weighted by Crippen LogP contribution is -2.50. The second-order valence-electron chi connectivity index (χ2n) is 3.93. The number of halogens is 2. The predicted octanol–water partition coefficient (Wildman–Crippen LogP) is 1.54. The quantitative estimate of drug-likeness (QED) is 0.294. The van der Waals surface area contributed by atoms with Crippen molar-refractivity contribution in [1.29, 1.82) is 0 Å². The van der Waals surface area contributed by atoms with E-state index in [0.717, 1.165) is 6.42 Å². The standard InChI is InChI=1S/C9H6Br2O3/c10-8-4-1-2-5(3-4)9(8,11)7(13)14-6(8)12/h1-2,4-5H,3H2/t4-,5-,8-,9-/m1/s1. The van der Waals surface area contributed by atoms with Gasteiger partial charge in [0.2, 0.25) is 0 Å². The van der Waals surface area contributed by atoms with Crippen LogP contribution in [0.1, 0.15) is 6.42 Å². The molecule has 1 aliphatic heterocycles. The highest BCUT2D eigenvalue weighted by Crippen LogP contribution is 2.65. The minimum Gasteiger partial charge on any atom is -0.391 e. The summed E-state index contributed by atoms with van der Waals surface area (Å²) < 4.78 is 2.95. The number of esters is 2. The zero-order valence-corrected chi connectivity index (χ0v) is 10.2. The molecule has 0 N–H and O–H groups in total. The van der Waals surface area contributed by atoms with Crippen LogP contribution in [0.3, 0.4) is 0 Å². The molecule has 0 spiro atoms. The van der Waals surface area contributed by atoms with E-state index < -0.39 is 20.6 Å². The number of hydrogen-bond donors (Lipinski definition) is 0. The van der Waals surface area contributed by atoms with E-state index in [9.17, 15) is 9.59 Å². The second-order valence-corrected chi connectivity index (χ2v) is 6.44. The van der Waals surface area contributed by atoms with Gasteiger partial charge >= 0.3 is 11.9 Å². The van der Waals surface area contributed by atoms with Crippen LogP contribution in [0.2, 0.25) is 0 Å². The van der Waals surface area contributed by atoms with Crippen molar-refractivity contribution in [3.05, 3.63) is 12.2 Å². The van der Waals surface area contributed by atoms with E-state index in [2.05, 4.69) is 31.9 Å². The molecule has 1 saturated carbocycles. The Kier molecular flexibility index (Phi) is 1.51. The Morgan fingerprint density at radius 1 is 1.14 bits per heavy atom. The molecule has 2 bridgehead atoms. The fraction of sp³-hybridized carbons (Fsp3) is 0.556. The van der Waals surface area contributed by atoms with Crippen LogP contribution in [0.25, 0.3) is 0 Å². The maximum atomic E-state index is 11.6. The topological polar surface area (TPSA) is 43.4 Å². The molecule has 1 saturated heterocycles. The van der Waals surface area contributed by atoms with Crippen molar-refractivity contribution in [2.24, 2.45) is 11.8 Å². The molecule has 4 atom stereocenters. The Morgan fingerprint density at radius 3 is 2.00 bits per heavy atom. The first-order valence-electron chi connectivity index (χ1n) is 4.34. The van der Waals surface area contributed by atoms with Crippen LogP contribution in [-0.2, 0) is 14.3 Å². The van der Waals surface area contributed by atoms with Crippen molar-refractivity contribution >= 4 is 43.8 Å². The van der Waals surface area contributed by atoms with Gasteiger partial charge in [-0.05, 0) is 6.42 Å². The zero-order chi connectivity index (χ0) is 10.1. The van der Waals surface area contributed by atoms with Crippen LogP contribution in [0, 0.1) is 11.8 Å². The van der Waals surface area contributed by atoms with Crippen molar-refractivity contribution in [3.8, 4) is 0 Å². The van der Waals surface area contributed by atoms with Gasteiger partial charge in [-0.1, -0.05) is 44.0 Å². The number of fused-ring (bicyclic) bond motifs is 5. The average Bonchev–Trinajstić information content (AvgIpc) is 2.73. The molecule has 0 radical (unpaired) electrons. The van der Waals surface area contributed by atoms with Crippen LogP contribution in [0.15, 0.2) is 12.2 Å². The molecule has 0 unspecified atom stereocenters. The first-order valence-corrected chi connectivity index (χ1v) is 5.92. The van der Waals surface area contributed by atoms with Gasteiger partial charge in [-0.25, -0.2) is 9.59 Å². The Bertz CT molecular complexity index is 358. The first-order chi connectivity index (χ1) is 6.51. The summed E-state index contributed by atoms with van der Waals surface area (Å²) in [6, 6.07) is 0. The van der Waals surface area contributed by atoms with Gasteiger partial charge in [0.05, 0.1) is 0 Å². The van der Waals surface area contributed by atoms with Crippen LogP contribution in [-0.4, -0.2) is 20.6 Å². The molecular weight excluding hydrogens is 316 g/mol. The molecule has 1 heterocycles. The van der Waals surface area contributed by atoms with Crippen LogP contribution in [0.4, 0.5) is 0 Å². The number of hydrogen-bond acceptors (Lipinski definition) is 3. The number of rotatable bonds is 0. The molecule has 3 nitrogen and oxygen atoms in total. The van der Waals surface area contributed by atoms with E-state index in [0.29, 0.717) is 0 Å². The van der Waals surface area contributed by atoms with Gasteiger partial charge in [0.15, 0.2) is 8.65 Å².